The van der Waals surface area contributed by atoms with Gasteiger partial charge < -0.3 is 19.6 Å². The standard InChI is InChI=1S/C23H34N2O4/c26-23(24-16-20-11-14-27-15-12-20)18-28-22-8-6-19(7-9-22)10-13-25-29-17-21-4-2-1-3-5-21/h6-9,13,20-21H,1-5,10-12,14-18H2,(H,24,26). The van der Waals surface area contributed by atoms with Gasteiger partial charge in [0, 0.05) is 32.4 Å². The average Bonchev–Trinajstić information content (AvgIpc) is 2.78. The predicted molar refractivity (Wildman–Crippen MR) is 113 cm³/mol. The van der Waals surface area contributed by atoms with Crippen LogP contribution in [0.2, 0.25) is 0 Å². The number of nitrogens with one attached hydrogen (secondary N) is 1. The van der Waals surface area contributed by atoms with Crippen LogP contribution in [-0.4, -0.2) is 45.1 Å². The molecule has 0 aromatic heterocycles. The Kier molecular flexibility index (Phi) is 9.30. The van der Waals surface area contributed by atoms with E-state index in [1.165, 1.54) is 32.1 Å². The fourth-order valence-electron chi connectivity index (χ4n) is 3.83. The molecule has 1 heterocycles. The Bertz CT molecular complexity index is 620. The van der Waals surface area contributed by atoms with Crippen molar-refractivity contribution in [2.24, 2.45) is 17.0 Å². The number of hydrogen-bond donors (Lipinski definition) is 1. The molecule has 29 heavy (non-hydrogen) atoms. The fourth-order valence-corrected chi connectivity index (χ4v) is 3.83. The molecule has 1 saturated carbocycles. The van der Waals surface area contributed by atoms with Crippen LogP contribution in [0.3, 0.4) is 0 Å². The molecule has 1 aliphatic heterocycles. The van der Waals surface area contributed by atoms with Gasteiger partial charge in [0.1, 0.15) is 12.4 Å². The fraction of sp³-hybridized carbons (Fsp3) is 0.652. The molecule has 1 aromatic rings. The zero-order chi connectivity index (χ0) is 20.2. The first-order valence-electron chi connectivity index (χ1n) is 11.0. The quantitative estimate of drug-likeness (QED) is 0.478. The van der Waals surface area contributed by atoms with Crippen LogP contribution in [0.15, 0.2) is 29.4 Å². The Morgan fingerprint density at radius 3 is 2.59 bits per heavy atom. The van der Waals surface area contributed by atoms with E-state index in [0.717, 1.165) is 44.6 Å². The number of ether oxygens (including phenoxy) is 2. The lowest BCUT2D eigenvalue weighted by Gasteiger charge is -2.22. The van der Waals surface area contributed by atoms with E-state index in [1.54, 1.807) is 0 Å². The van der Waals surface area contributed by atoms with Crippen molar-refractivity contribution in [3.05, 3.63) is 29.8 Å². The summed E-state index contributed by atoms with van der Waals surface area (Å²) in [6, 6.07) is 7.75. The number of nitrogens with zero attached hydrogens (tertiary/aromatic N) is 1. The van der Waals surface area contributed by atoms with Crippen LogP contribution in [0, 0.1) is 11.8 Å². The lowest BCUT2D eigenvalue weighted by Crippen LogP contribution is -2.35. The molecule has 0 unspecified atom stereocenters. The number of carbonyl (C=O) groups excluding carboxylic acids is 1. The van der Waals surface area contributed by atoms with E-state index >= 15 is 0 Å². The van der Waals surface area contributed by atoms with Gasteiger partial charge in [0.2, 0.25) is 0 Å². The molecule has 2 aliphatic rings. The molecule has 1 aromatic carbocycles. The molecule has 6 nitrogen and oxygen atoms in total. The predicted octanol–water partition coefficient (Wildman–Crippen LogP) is 3.73. The van der Waals surface area contributed by atoms with Crippen molar-refractivity contribution in [2.45, 2.75) is 51.4 Å². The van der Waals surface area contributed by atoms with Gasteiger partial charge in [0.15, 0.2) is 6.61 Å². The number of amides is 1. The van der Waals surface area contributed by atoms with Crippen LogP contribution < -0.4 is 10.1 Å². The Labute approximate surface area is 174 Å². The van der Waals surface area contributed by atoms with E-state index in [0.29, 0.717) is 24.1 Å². The van der Waals surface area contributed by atoms with Crippen molar-refractivity contribution in [1.82, 2.24) is 5.32 Å². The molecule has 1 saturated heterocycles. The first kappa shape index (κ1) is 21.6. The third-order valence-electron chi connectivity index (χ3n) is 5.73. The van der Waals surface area contributed by atoms with Gasteiger partial charge in [0.25, 0.3) is 5.91 Å². The second-order valence-corrected chi connectivity index (χ2v) is 8.08. The first-order valence-corrected chi connectivity index (χ1v) is 11.0. The summed E-state index contributed by atoms with van der Waals surface area (Å²) in [6.07, 6.45) is 11.1. The minimum atomic E-state index is -0.0807. The molecule has 0 spiro atoms. The molecule has 1 N–H and O–H groups in total. The Morgan fingerprint density at radius 2 is 1.83 bits per heavy atom. The molecular formula is C23H34N2O4. The maximum absolute atomic E-state index is 11.9. The maximum atomic E-state index is 11.9. The summed E-state index contributed by atoms with van der Waals surface area (Å²) >= 11 is 0. The molecule has 1 amide bonds. The Morgan fingerprint density at radius 1 is 1.07 bits per heavy atom. The highest BCUT2D eigenvalue weighted by Crippen LogP contribution is 2.23. The van der Waals surface area contributed by atoms with E-state index in [4.69, 9.17) is 14.3 Å². The van der Waals surface area contributed by atoms with Crippen molar-refractivity contribution in [1.29, 1.82) is 0 Å². The zero-order valence-corrected chi connectivity index (χ0v) is 17.3. The minimum absolute atomic E-state index is 0.0407. The topological polar surface area (TPSA) is 69.2 Å². The van der Waals surface area contributed by atoms with Crippen LogP contribution in [0.5, 0.6) is 5.75 Å². The molecule has 0 radical (unpaired) electrons. The third-order valence-corrected chi connectivity index (χ3v) is 5.73. The molecule has 0 atom stereocenters. The van der Waals surface area contributed by atoms with Gasteiger partial charge in [-0.1, -0.05) is 36.6 Å². The molecule has 6 heteroatoms. The third kappa shape index (κ3) is 8.44. The zero-order valence-electron chi connectivity index (χ0n) is 17.3. The smallest absolute Gasteiger partial charge is 0.257 e. The molecule has 2 fully saturated rings. The number of oxime groups is 1. The van der Waals surface area contributed by atoms with Gasteiger partial charge >= 0.3 is 0 Å². The number of rotatable bonds is 10. The average molecular weight is 403 g/mol. The van der Waals surface area contributed by atoms with Gasteiger partial charge in [0.05, 0.1) is 0 Å². The normalized spacial score (nSPS) is 18.6. The summed E-state index contributed by atoms with van der Waals surface area (Å²) in [5, 5.41) is 7.03. The number of hydrogen-bond acceptors (Lipinski definition) is 5. The molecule has 160 valence electrons. The largest absolute Gasteiger partial charge is 0.484 e. The van der Waals surface area contributed by atoms with Crippen LogP contribution in [0.4, 0.5) is 0 Å². The molecule has 1 aliphatic carbocycles. The van der Waals surface area contributed by atoms with E-state index < -0.39 is 0 Å². The van der Waals surface area contributed by atoms with Crippen molar-refractivity contribution < 1.29 is 19.1 Å². The Balaban J connectivity index is 1.27. The highest BCUT2D eigenvalue weighted by Gasteiger charge is 2.15. The van der Waals surface area contributed by atoms with E-state index in [1.807, 2.05) is 30.5 Å². The summed E-state index contributed by atoms with van der Waals surface area (Å²) in [5.41, 5.74) is 1.13. The van der Waals surface area contributed by atoms with Crippen molar-refractivity contribution in [3.8, 4) is 5.75 Å². The maximum Gasteiger partial charge on any atom is 0.257 e. The van der Waals surface area contributed by atoms with E-state index in [2.05, 4.69) is 10.5 Å². The molecule has 3 rings (SSSR count). The van der Waals surface area contributed by atoms with Crippen LogP contribution in [0.1, 0.15) is 50.5 Å². The van der Waals surface area contributed by atoms with Gasteiger partial charge in [-0.05, 0) is 55.2 Å². The van der Waals surface area contributed by atoms with Crippen LogP contribution in [-0.2, 0) is 20.8 Å². The van der Waals surface area contributed by atoms with E-state index in [-0.39, 0.29) is 12.5 Å². The van der Waals surface area contributed by atoms with Crippen LogP contribution in [0.25, 0.3) is 0 Å². The highest BCUT2D eigenvalue weighted by atomic mass is 16.6. The monoisotopic (exact) mass is 402 g/mol. The number of carbonyl (C=O) groups is 1. The van der Waals surface area contributed by atoms with E-state index in [9.17, 15) is 4.79 Å². The minimum Gasteiger partial charge on any atom is -0.484 e. The second-order valence-electron chi connectivity index (χ2n) is 8.08. The lowest BCUT2D eigenvalue weighted by atomic mass is 9.90. The summed E-state index contributed by atoms with van der Waals surface area (Å²) in [7, 11) is 0. The number of benzene rings is 1. The van der Waals surface area contributed by atoms with Gasteiger partial charge in [-0.15, -0.1) is 0 Å². The highest BCUT2D eigenvalue weighted by molar-refractivity contribution is 5.77. The summed E-state index contributed by atoms with van der Waals surface area (Å²) in [5.74, 6) is 1.80. The summed E-state index contributed by atoms with van der Waals surface area (Å²) in [4.78, 5) is 17.4. The van der Waals surface area contributed by atoms with Crippen molar-refractivity contribution in [3.63, 3.8) is 0 Å². The molecule has 0 bridgehead atoms. The lowest BCUT2D eigenvalue weighted by molar-refractivity contribution is -0.123. The van der Waals surface area contributed by atoms with Crippen molar-refractivity contribution >= 4 is 12.1 Å². The summed E-state index contributed by atoms with van der Waals surface area (Å²) in [6.45, 7) is 3.06. The van der Waals surface area contributed by atoms with Crippen molar-refractivity contribution in [2.75, 3.05) is 33.0 Å². The summed E-state index contributed by atoms with van der Waals surface area (Å²) < 4.78 is 10.9. The Hall–Kier alpha value is -2.08. The molecular weight excluding hydrogens is 368 g/mol. The SMILES string of the molecule is O=C(COc1ccc(CC=NOCC2CCCCC2)cc1)NCC1CCOCC1. The first-order chi connectivity index (χ1) is 14.3. The second kappa shape index (κ2) is 12.5. The van der Waals surface area contributed by atoms with Gasteiger partial charge in [-0.25, -0.2) is 0 Å². The van der Waals surface area contributed by atoms with Crippen LogP contribution >= 0.6 is 0 Å². The van der Waals surface area contributed by atoms with Gasteiger partial charge in [-0.3, -0.25) is 4.79 Å². The van der Waals surface area contributed by atoms with Gasteiger partial charge in [-0.2, -0.15) is 0 Å².